The van der Waals surface area contributed by atoms with Crippen molar-refractivity contribution in [1.82, 2.24) is 4.90 Å². The molecule has 0 bridgehead atoms. The number of rotatable bonds is 3. The lowest BCUT2D eigenvalue weighted by Gasteiger charge is -2.30. The molecule has 2 fully saturated rings. The maximum Gasteiger partial charge on any atom is 0.228 e. The first-order valence-corrected chi connectivity index (χ1v) is 7.98. The number of ether oxygens (including phenoxy) is 1. The lowest BCUT2D eigenvalue weighted by atomic mass is 10.1. The highest BCUT2D eigenvalue weighted by molar-refractivity contribution is 6.30. The predicted octanol–water partition coefficient (Wildman–Crippen LogP) is 2.78. The summed E-state index contributed by atoms with van der Waals surface area (Å²) >= 11 is 5.85. The van der Waals surface area contributed by atoms with E-state index in [0.29, 0.717) is 11.1 Å². The van der Waals surface area contributed by atoms with Gasteiger partial charge in [-0.05, 0) is 50.1 Å². The van der Waals surface area contributed by atoms with Gasteiger partial charge in [-0.3, -0.25) is 9.69 Å². The Hall–Kier alpha value is -1.10. The van der Waals surface area contributed by atoms with Gasteiger partial charge in [-0.15, -0.1) is 0 Å². The molecule has 0 spiro atoms. The van der Waals surface area contributed by atoms with Crippen LogP contribution in [0.3, 0.4) is 0 Å². The molecule has 2 aliphatic heterocycles. The molecule has 0 radical (unpaired) electrons. The summed E-state index contributed by atoms with van der Waals surface area (Å²) < 4.78 is 5.41. The first-order valence-electron chi connectivity index (χ1n) is 7.60. The lowest BCUT2D eigenvalue weighted by Crippen LogP contribution is -2.38. The van der Waals surface area contributed by atoms with E-state index in [2.05, 4.69) is 10.2 Å². The van der Waals surface area contributed by atoms with Crippen molar-refractivity contribution in [2.24, 2.45) is 5.92 Å². The van der Waals surface area contributed by atoms with Crippen molar-refractivity contribution >= 4 is 23.2 Å². The molecule has 1 atom stereocenters. The Morgan fingerprint density at radius 3 is 2.62 bits per heavy atom. The third-order valence-corrected chi connectivity index (χ3v) is 4.66. The molecule has 1 aromatic carbocycles. The molecule has 1 unspecified atom stereocenters. The molecule has 3 rings (SSSR count). The molecule has 2 saturated heterocycles. The van der Waals surface area contributed by atoms with Gasteiger partial charge in [0.2, 0.25) is 5.91 Å². The van der Waals surface area contributed by atoms with Gasteiger partial charge < -0.3 is 10.1 Å². The molecule has 1 aromatic rings. The lowest BCUT2D eigenvalue weighted by molar-refractivity contribution is -0.119. The van der Waals surface area contributed by atoms with Gasteiger partial charge in [-0.2, -0.15) is 0 Å². The second-order valence-corrected chi connectivity index (χ2v) is 6.26. The minimum Gasteiger partial charge on any atom is -0.381 e. The fraction of sp³-hybridized carbons (Fsp3) is 0.562. The van der Waals surface area contributed by atoms with Crippen LogP contribution in [0.15, 0.2) is 24.3 Å². The van der Waals surface area contributed by atoms with Gasteiger partial charge in [0.25, 0.3) is 0 Å². The Kier molecular flexibility index (Phi) is 4.78. The maximum absolute atomic E-state index is 12.3. The van der Waals surface area contributed by atoms with Crippen LogP contribution in [0.25, 0.3) is 0 Å². The van der Waals surface area contributed by atoms with E-state index in [4.69, 9.17) is 16.3 Å². The summed E-state index contributed by atoms with van der Waals surface area (Å²) in [5, 5.41) is 3.67. The van der Waals surface area contributed by atoms with Gasteiger partial charge in [-0.25, -0.2) is 0 Å². The van der Waals surface area contributed by atoms with Crippen LogP contribution in [-0.2, 0) is 9.53 Å². The third kappa shape index (κ3) is 3.76. The van der Waals surface area contributed by atoms with Crippen LogP contribution >= 0.6 is 11.6 Å². The summed E-state index contributed by atoms with van der Waals surface area (Å²) in [5.41, 5.74) is 0.814. The minimum atomic E-state index is 0.0866. The number of benzene rings is 1. The van der Waals surface area contributed by atoms with Crippen LogP contribution < -0.4 is 5.32 Å². The summed E-state index contributed by atoms with van der Waals surface area (Å²) in [7, 11) is 0. The van der Waals surface area contributed by atoms with Crippen molar-refractivity contribution in [2.75, 3.05) is 31.6 Å². The number of carbonyl (C=O) groups is 1. The van der Waals surface area contributed by atoms with Crippen LogP contribution in [0.4, 0.5) is 5.69 Å². The second kappa shape index (κ2) is 6.77. The van der Waals surface area contributed by atoms with Crippen molar-refractivity contribution in [3.8, 4) is 0 Å². The van der Waals surface area contributed by atoms with Gasteiger partial charge in [0, 0.05) is 36.5 Å². The van der Waals surface area contributed by atoms with Crippen molar-refractivity contribution in [3.63, 3.8) is 0 Å². The molecule has 0 aromatic heterocycles. The number of nitrogens with zero attached hydrogens (tertiary/aromatic N) is 1. The molecular formula is C16H21ClN2O2. The van der Waals surface area contributed by atoms with Crippen molar-refractivity contribution in [2.45, 2.75) is 25.3 Å². The maximum atomic E-state index is 12.3. The van der Waals surface area contributed by atoms with E-state index in [1.54, 1.807) is 12.1 Å². The molecule has 5 heteroatoms. The van der Waals surface area contributed by atoms with Gasteiger partial charge in [0.1, 0.15) is 0 Å². The minimum absolute atomic E-state index is 0.0866. The van der Waals surface area contributed by atoms with Crippen LogP contribution in [-0.4, -0.2) is 43.2 Å². The summed E-state index contributed by atoms with van der Waals surface area (Å²) in [5.74, 6) is 0.204. The standard InChI is InChI=1S/C16H21ClN2O2/c17-13-1-3-14(4-2-13)18-16(20)12-5-8-19(11-12)15-6-9-21-10-7-15/h1-4,12,15H,5-11H2,(H,18,20). The van der Waals surface area contributed by atoms with E-state index in [-0.39, 0.29) is 11.8 Å². The topological polar surface area (TPSA) is 41.6 Å². The van der Waals surface area contributed by atoms with E-state index in [9.17, 15) is 4.79 Å². The SMILES string of the molecule is O=C(Nc1ccc(Cl)cc1)C1CCN(C2CCOCC2)C1. The van der Waals surface area contributed by atoms with Crippen LogP contribution in [0.1, 0.15) is 19.3 Å². The number of amides is 1. The zero-order valence-electron chi connectivity index (χ0n) is 12.1. The largest absolute Gasteiger partial charge is 0.381 e. The predicted molar refractivity (Wildman–Crippen MR) is 83.6 cm³/mol. The number of carbonyl (C=O) groups excluding carboxylic acids is 1. The number of hydrogen-bond donors (Lipinski definition) is 1. The molecule has 2 heterocycles. The first kappa shape index (κ1) is 14.8. The molecule has 4 nitrogen and oxygen atoms in total. The van der Waals surface area contributed by atoms with E-state index in [0.717, 1.165) is 51.3 Å². The van der Waals surface area contributed by atoms with Crippen molar-refractivity contribution < 1.29 is 9.53 Å². The van der Waals surface area contributed by atoms with E-state index >= 15 is 0 Å². The summed E-state index contributed by atoms with van der Waals surface area (Å²) in [6.45, 7) is 3.58. The zero-order valence-corrected chi connectivity index (χ0v) is 12.8. The Balaban J connectivity index is 1.53. The Bertz CT molecular complexity index is 486. The highest BCUT2D eigenvalue weighted by Gasteiger charge is 2.32. The summed E-state index contributed by atoms with van der Waals surface area (Å²) in [6, 6.07) is 7.85. The average Bonchev–Trinajstić information content (AvgIpc) is 3.00. The quantitative estimate of drug-likeness (QED) is 0.933. The van der Waals surface area contributed by atoms with Gasteiger partial charge >= 0.3 is 0 Å². The monoisotopic (exact) mass is 308 g/mol. The van der Waals surface area contributed by atoms with Crippen LogP contribution in [0, 0.1) is 5.92 Å². The van der Waals surface area contributed by atoms with Gasteiger partial charge in [0.05, 0.1) is 5.92 Å². The molecule has 1 amide bonds. The Morgan fingerprint density at radius 1 is 1.19 bits per heavy atom. The summed E-state index contributed by atoms with van der Waals surface area (Å²) in [6.07, 6.45) is 3.12. The van der Waals surface area contributed by atoms with Crippen molar-refractivity contribution in [3.05, 3.63) is 29.3 Å². The Morgan fingerprint density at radius 2 is 1.90 bits per heavy atom. The number of likely N-dealkylation sites (tertiary alicyclic amines) is 1. The summed E-state index contributed by atoms with van der Waals surface area (Å²) in [4.78, 5) is 14.8. The third-order valence-electron chi connectivity index (χ3n) is 4.41. The molecule has 2 aliphatic rings. The molecular weight excluding hydrogens is 288 g/mol. The van der Waals surface area contributed by atoms with E-state index in [1.807, 2.05) is 12.1 Å². The second-order valence-electron chi connectivity index (χ2n) is 5.82. The number of halogens is 1. The molecule has 0 saturated carbocycles. The van der Waals surface area contributed by atoms with Crippen molar-refractivity contribution in [1.29, 1.82) is 0 Å². The number of nitrogens with one attached hydrogen (secondary N) is 1. The fourth-order valence-corrected chi connectivity index (χ4v) is 3.29. The molecule has 114 valence electrons. The number of anilines is 1. The number of hydrogen-bond acceptors (Lipinski definition) is 3. The highest BCUT2D eigenvalue weighted by atomic mass is 35.5. The van der Waals surface area contributed by atoms with E-state index in [1.165, 1.54) is 0 Å². The van der Waals surface area contributed by atoms with Gasteiger partial charge in [0.15, 0.2) is 0 Å². The smallest absolute Gasteiger partial charge is 0.228 e. The van der Waals surface area contributed by atoms with Gasteiger partial charge in [-0.1, -0.05) is 11.6 Å². The van der Waals surface area contributed by atoms with E-state index < -0.39 is 0 Å². The van der Waals surface area contributed by atoms with Crippen LogP contribution in [0.5, 0.6) is 0 Å². The fourth-order valence-electron chi connectivity index (χ4n) is 3.16. The average molecular weight is 309 g/mol. The molecule has 21 heavy (non-hydrogen) atoms. The van der Waals surface area contributed by atoms with Crippen LogP contribution in [0.2, 0.25) is 5.02 Å². The first-order chi connectivity index (χ1) is 10.2. The normalized spacial score (nSPS) is 24.1. The Labute approximate surface area is 130 Å². The highest BCUT2D eigenvalue weighted by Crippen LogP contribution is 2.25. The zero-order chi connectivity index (χ0) is 14.7. The molecule has 1 N–H and O–H groups in total. The molecule has 0 aliphatic carbocycles.